The molecule has 160 valence electrons. The van der Waals surface area contributed by atoms with Crippen LogP contribution in [0.3, 0.4) is 0 Å². The van der Waals surface area contributed by atoms with Crippen molar-refractivity contribution < 1.29 is 19.1 Å². The quantitative estimate of drug-likeness (QED) is 0.610. The van der Waals surface area contributed by atoms with E-state index in [-0.39, 0.29) is 18.4 Å². The van der Waals surface area contributed by atoms with E-state index in [1.54, 1.807) is 24.3 Å². The molecule has 2 rings (SSSR count). The largest absolute Gasteiger partial charge is 0.484 e. The summed E-state index contributed by atoms with van der Waals surface area (Å²) in [5, 5.41) is 2.72. The first-order valence-corrected chi connectivity index (χ1v) is 9.83. The highest BCUT2D eigenvalue weighted by atomic mass is 16.5. The van der Waals surface area contributed by atoms with E-state index in [4.69, 9.17) is 4.74 Å². The van der Waals surface area contributed by atoms with Crippen molar-refractivity contribution in [3.63, 3.8) is 0 Å². The maximum atomic E-state index is 12.5. The fourth-order valence-corrected chi connectivity index (χ4v) is 2.74. The summed E-state index contributed by atoms with van der Waals surface area (Å²) in [6, 6.07) is 11.8. The lowest BCUT2D eigenvalue weighted by Gasteiger charge is -2.22. The van der Waals surface area contributed by atoms with Crippen LogP contribution in [0.25, 0.3) is 0 Å². The van der Waals surface area contributed by atoms with Crippen molar-refractivity contribution in [2.24, 2.45) is 5.92 Å². The van der Waals surface area contributed by atoms with Gasteiger partial charge in [-0.15, -0.1) is 0 Å². The van der Waals surface area contributed by atoms with Crippen molar-refractivity contribution in [1.82, 2.24) is 16.2 Å². The molecule has 0 aliphatic heterocycles. The molecule has 0 aromatic heterocycles. The van der Waals surface area contributed by atoms with E-state index >= 15 is 0 Å². The number of hydrazine groups is 1. The van der Waals surface area contributed by atoms with Crippen molar-refractivity contribution in [2.45, 2.75) is 40.7 Å². The molecule has 30 heavy (non-hydrogen) atoms. The summed E-state index contributed by atoms with van der Waals surface area (Å²) in [6.07, 6.45) is 0. The lowest BCUT2D eigenvalue weighted by Crippen LogP contribution is -2.55. The molecule has 0 spiro atoms. The predicted molar refractivity (Wildman–Crippen MR) is 115 cm³/mol. The number of nitrogens with one attached hydrogen (secondary N) is 3. The van der Waals surface area contributed by atoms with Crippen LogP contribution in [-0.2, 0) is 9.59 Å². The smallest absolute Gasteiger partial charge is 0.276 e. The van der Waals surface area contributed by atoms with Crippen molar-refractivity contribution in [1.29, 1.82) is 0 Å². The zero-order valence-corrected chi connectivity index (χ0v) is 18.0. The van der Waals surface area contributed by atoms with Gasteiger partial charge in [-0.1, -0.05) is 37.6 Å². The molecule has 0 aliphatic rings. The van der Waals surface area contributed by atoms with Gasteiger partial charge in [0.05, 0.1) is 0 Å². The lowest BCUT2D eigenvalue weighted by atomic mass is 10.0. The van der Waals surface area contributed by atoms with Gasteiger partial charge in [0, 0.05) is 5.56 Å². The number of hydrogen-bond donors (Lipinski definition) is 3. The van der Waals surface area contributed by atoms with Gasteiger partial charge in [-0.3, -0.25) is 25.2 Å². The van der Waals surface area contributed by atoms with Crippen LogP contribution in [-0.4, -0.2) is 30.4 Å². The second-order valence-corrected chi connectivity index (χ2v) is 7.64. The molecule has 1 atom stereocenters. The summed E-state index contributed by atoms with van der Waals surface area (Å²) in [5.41, 5.74) is 8.29. The standard InChI is InChI=1S/C23H29N3O4/c1-14(2)21(24-22(28)18-8-6-7-15(3)11-18)23(29)26-25-20(27)13-30-19-10-9-16(4)17(5)12-19/h6-12,14,21H,13H2,1-5H3,(H,24,28)(H,25,27)(H,26,29)/t21-/m0/s1. The molecule has 0 saturated heterocycles. The molecule has 2 aromatic rings. The first kappa shape index (κ1) is 22.9. The van der Waals surface area contributed by atoms with Crippen molar-refractivity contribution in [2.75, 3.05) is 6.61 Å². The second kappa shape index (κ2) is 10.4. The van der Waals surface area contributed by atoms with Crippen LogP contribution in [0.5, 0.6) is 5.75 Å². The van der Waals surface area contributed by atoms with Gasteiger partial charge in [0.2, 0.25) is 0 Å². The minimum Gasteiger partial charge on any atom is -0.484 e. The first-order valence-electron chi connectivity index (χ1n) is 9.83. The highest BCUT2D eigenvalue weighted by Crippen LogP contribution is 2.16. The molecule has 2 aromatic carbocycles. The van der Waals surface area contributed by atoms with Gasteiger partial charge in [-0.05, 0) is 62.1 Å². The van der Waals surface area contributed by atoms with E-state index in [1.165, 1.54) is 0 Å². The Hall–Kier alpha value is -3.35. The van der Waals surface area contributed by atoms with Crippen molar-refractivity contribution in [3.05, 3.63) is 64.7 Å². The number of hydrogen-bond acceptors (Lipinski definition) is 4. The Morgan fingerprint density at radius 2 is 1.67 bits per heavy atom. The fourth-order valence-electron chi connectivity index (χ4n) is 2.74. The molecular formula is C23H29N3O4. The first-order chi connectivity index (χ1) is 14.2. The van der Waals surface area contributed by atoms with E-state index in [9.17, 15) is 14.4 Å². The normalized spacial score (nSPS) is 11.5. The number of aryl methyl sites for hydroxylation is 3. The summed E-state index contributed by atoms with van der Waals surface area (Å²) < 4.78 is 5.44. The molecule has 7 nitrogen and oxygen atoms in total. The third kappa shape index (κ3) is 6.62. The summed E-state index contributed by atoms with van der Waals surface area (Å²) >= 11 is 0. The Morgan fingerprint density at radius 1 is 0.933 bits per heavy atom. The third-order valence-electron chi connectivity index (χ3n) is 4.69. The molecule has 0 aliphatic carbocycles. The number of ether oxygens (including phenoxy) is 1. The van der Waals surface area contributed by atoms with Gasteiger partial charge in [0.1, 0.15) is 11.8 Å². The van der Waals surface area contributed by atoms with Crippen molar-refractivity contribution >= 4 is 17.7 Å². The van der Waals surface area contributed by atoms with Gasteiger partial charge < -0.3 is 10.1 Å². The molecule has 0 unspecified atom stereocenters. The Balaban J connectivity index is 1.87. The Labute approximate surface area is 177 Å². The fraction of sp³-hybridized carbons (Fsp3) is 0.348. The van der Waals surface area contributed by atoms with Crippen LogP contribution >= 0.6 is 0 Å². The molecule has 0 saturated carbocycles. The highest BCUT2D eigenvalue weighted by molar-refractivity contribution is 5.98. The monoisotopic (exact) mass is 411 g/mol. The minimum absolute atomic E-state index is 0.178. The van der Waals surface area contributed by atoms with Crippen LogP contribution < -0.4 is 20.9 Å². The van der Waals surface area contributed by atoms with Gasteiger partial charge in [0.25, 0.3) is 17.7 Å². The average Bonchev–Trinajstić information content (AvgIpc) is 2.70. The number of carbonyl (C=O) groups excluding carboxylic acids is 3. The van der Waals surface area contributed by atoms with E-state index in [0.29, 0.717) is 11.3 Å². The average molecular weight is 412 g/mol. The zero-order valence-electron chi connectivity index (χ0n) is 18.0. The van der Waals surface area contributed by atoms with Crippen LogP contribution in [0.1, 0.15) is 40.9 Å². The van der Waals surface area contributed by atoms with E-state index < -0.39 is 17.9 Å². The maximum absolute atomic E-state index is 12.5. The maximum Gasteiger partial charge on any atom is 0.276 e. The second-order valence-electron chi connectivity index (χ2n) is 7.64. The summed E-state index contributed by atoms with van der Waals surface area (Å²) in [7, 11) is 0. The van der Waals surface area contributed by atoms with Crippen LogP contribution in [0, 0.1) is 26.7 Å². The van der Waals surface area contributed by atoms with Crippen LogP contribution in [0.15, 0.2) is 42.5 Å². The summed E-state index contributed by atoms with van der Waals surface area (Å²) in [6.45, 7) is 9.21. The lowest BCUT2D eigenvalue weighted by molar-refractivity contribution is -0.131. The predicted octanol–water partition coefficient (Wildman–Crippen LogP) is 2.59. The number of amides is 3. The zero-order chi connectivity index (χ0) is 22.3. The molecule has 0 radical (unpaired) electrons. The molecule has 7 heteroatoms. The van der Waals surface area contributed by atoms with E-state index in [2.05, 4.69) is 16.2 Å². The third-order valence-corrected chi connectivity index (χ3v) is 4.69. The molecule has 0 bridgehead atoms. The summed E-state index contributed by atoms with van der Waals surface area (Å²) in [5.74, 6) is -0.968. The molecule has 3 N–H and O–H groups in total. The Bertz CT molecular complexity index is 924. The van der Waals surface area contributed by atoms with Gasteiger partial charge in [-0.2, -0.15) is 0 Å². The molecular weight excluding hydrogens is 382 g/mol. The Morgan fingerprint density at radius 3 is 2.30 bits per heavy atom. The van der Waals surface area contributed by atoms with Crippen LogP contribution in [0.4, 0.5) is 0 Å². The highest BCUT2D eigenvalue weighted by Gasteiger charge is 2.25. The van der Waals surface area contributed by atoms with E-state index in [0.717, 1.165) is 16.7 Å². The number of benzene rings is 2. The molecule has 0 fully saturated rings. The Kier molecular flexibility index (Phi) is 7.98. The van der Waals surface area contributed by atoms with Gasteiger partial charge >= 0.3 is 0 Å². The van der Waals surface area contributed by atoms with E-state index in [1.807, 2.05) is 52.8 Å². The molecule has 0 heterocycles. The number of carbonyl (C=O) groups is 3. The van der Waals surface area contributed by atoms with Crippen molar-refractivity contribution in [3.8, 4) is 5.75 Å². The SMILES string of the molecule is Cc1cccc(C(=O)N[C@H](C(=O)NNC(=O)COc2ccc(C)c(C)c2)C(C)C)c1. The summed E-state index contributed by atoms with van der Waals surface area (Å²) in [4.78, 5) is 37.0. The minimum atomic E-state index is -0.807. The van der Waals surface area contributed by atoms with Crippen LogP contribution in [0.2, 0.25) is 0 Å². The topological polar surface area (TPSA) is 96.5 Å². The van der Waals surface area contributed by atoms with Gasteiger partial charge in [0.15, 0.2) is 6.61 Å². The number of rotatable bonds is 7. The molecule has 3 amide bonds. The van der Waals surface area contributed by atoms with Gasteiger partial charge in [-0.25, -0.2) is 0 Å².